The molecule has 0 amide bonds. The first-order chi connectivity index (χ1) is 16.9. The summed E-state index contributed by atoms with van der Waals surface area (Å²) in [5.74, 6) is 1.39. The first-order valence-electron chi connectivity index (χ1n) is 12.2. The lowest BCUT2D eigenvalue weighted by Gasteiger charge is -2.19. The number of fused-ring (bicyclic) bond motifs is 1. The first kappa shape index (κ1) is 23.0. The van der Waals surface area contributed by atoms with Gasteiger partial charge in [-0.1, -0.05) is 74.5 Å². The third-order valence-corrected chi connectivity index (χ3v) is 6.51. The lowest BCUT2D eigenvalue weighted by Crippen LogP contribution is -2.16. The molecule has 178 valence electrons. The topological polar surface area (TPSA) is 40.5 Å². The molecule has 0 fully saturated rings. The Balaban J connectivity index is 1.63. The van der Waals surface area contributed by atoms with Crippen LogP contribution in [0.1, 0.15) is 32.2 Å². The molecule has 1 aliphatic rings. The number of carbonyl (C=O) groups is 1. The Kier molecular flexibility index (Phi) is 6.21. The van der Waals surface area contributed by atoms with Gasteiger partial charge in [-0.15, -0.1) is 0 Å². The van der Waals surface area contributed by atoms with Crippen LogP contribution in [0.2, 0.25) is 0 Å². The molecule has 4 nitrogen and oxygen atoms in total. The van der Waals surface area contributed by atoms with Gasteiger partial charge < -0.3 is 14.0 Å². The van der Waals surface area contributed by atoms with Gasteiger partial charge in [0.15, 0.2) is 0 Å². The third kappa shape index (κ3) is 4.74. The van der Waals surface area contributed by atoms with Gasteiger partial charge in [-0.2, -0.15) is 0 Å². The molecule has 0 unspecified atom stereocenters. The standard InChI is InChI=1S/C31H31NO3/c1-4-34-28(33)19-26-29(23-15-17-25(18-16-23)35-24-13-9-6-10-14-24)30(22-11-7-5-8-12-22)27-20-31(2,3)21-32(26)27/h5-18H,4,19-21H2,1-3H3. The summed E-state index contributed by atoms with van der Waals surface area (Å²) in [6, 6.07) is 28.5. The minimum absolute atomic E-state index is 0.133. The van der Waals surface area contributed by atoms with Crippen molar-refractivity contribution in [2.45, 2.75) is 40.2 Å². The Morgan fingerprint density at radius 1 is 0.829 bits per heavy atom. The van der Waals surface area contributed by atoms with Gasteiger partial charge in [0, 0.05) is 29.1 Å². The summed E-state index contributed by atoms with van der Waals surface area (Å²) in [6.07, 6.45) is 1.21. The first-order valence-corrected chi connectivity index (χ1v) is 12.2. The van der Waals surface area contributed by atoms with Gasteiger partial charge in [-0.25, -0.2) is 0 Å². The highest BCUT2D eigenvalue weighted by atomic mass is 16.5. The maximum absolute atomic E-state index is 12.7. The summed E-state index contributed by atoms with van der Waals surface area (Å²) >= 11 is 0. The van der Waals surface area contributed by atoms with E-state index in [1.807, 2.05) is 55.5 Å². The zero-order chi connectivity index (χ0) is 24.4. The fraction of sp³-hybridized carbons (Fsp3) is 0.258. The normalized spacial score (nSPS) is 13.9. The Labute approximate surface area is 207 Å². The second-order valence-corrected chi connectivity index (χ2v) is 9.86. The van der Waals surface area contributed by atoms with Crippen LogP contribution >= 0.6 is 0 Å². The summed E-state index contributed by atoms with van der Waals surface area (Å²) in [6.45, 7) is 7.69. The van der Waals surface area contributed by atoms with Crippen molar-refractivity contribution < 1.29 is 14.3 Å². The molecule has 0 radical (unpaired) electrons. The maximum Gasteiger partial charge on any atom is 0.311 e. The second-order valence-electron chi connectivity index (χ2n) is 9.86. The zero-order valence-corrected chi connectivity index (χ0v) is 20.6. The molecule has 1 aromatic heterocycles. The van der Waals surface area contributed by atoms with E-state index in [0.29, 0.717) is 6.61 Å². The van der Waals surface area contributed by atoms with Crippen LogP contribution in [-0.2, 0) is 28.9 Å². The molecule has 4 aromatic rings. The van der Waals surface area contributed by atoms with Crippen molar-refractivity contribution in [3.05, 3.63) is 96.3 Å². The van der Waals surface area contributed by atoms with Gasteiger partial charge in [-0.05, 0) is 54.2 Å². The number of esters is 1. The number of rotatable bonds is 7. The highest BCUT2D eigenvalue weighted by molar-refractivity contribution is 5.90. The predicted molar refractivity (Wildman–Crippen MR) is 140 cm³/mol. The van der Waals surface area contributed by atoms with Gasteiger partial charge in [0.25, 0.3) is 0 Å². The van der Waals surface area contributed by atoms with Crippen molar-refractivity contribution in [2.24, 2.45) is 5.41 Å². The Bertz CT molecular complexity index is 1320. The van der Waals surface area contributed by atoms with Crippen molar-refractivity contribution in [1.29, 1.82) is 0 Å². The fourth-order valence-electron chi connectivity index (χ4n) is 5.11. The highest BCUT2D eigenvalue weighted by Gasteiger charge is 2.36. The van der Waals surface area contributed by atoms with E-state index in [9.17, 15) is 4.79 Å². The van der Waals surface area contributed by atoms with E-state index in [2.05, 4.69) is 54.8 Å². The van der Waals surface area contributed by atoms with Crippen molar-refractivity contribution in [1.82, 2.24) is 4.57 Å². The zero-order valence-electron chi connectivity index (χ0n) is 20.6. The van der Waals surface area contributed by atoms with Crippen molar-refractivity contribution >= 4 is 5.97 Å². The van der Waals surface area contributed by atoms with Gasteiger partial charge in [0.05, 0.1) is 13.0 Å². The number of hydrogen-bond acceptors (Lipinski definition) is 3. The van der Waals surface area contributed by atoms with Gasteiger partial charge >= 0.3 is 5.97 Å². The Morgan fingerprint density at radius 2 is 1.43 bits per heavy atom. The molecule has 5 rings (SSSR count). The van der Waals surface area contributed by atoms with E-state index >= 15 is 0 Å². The van der Waals surface area contributed by atoms with E-state index in [4.69, 9.17) is 9.47 Å². The van der Waals surface area contributed by atoms with E-state index in [0.717, 1.165) is 41.3 Å². The molecule has 0 saturated carbocycles. The van der Waals surface area contributed by atoms with E-state index in [-0.39, 0.29) is 17.8 Å². The smallest absolute Gasteiger partial charge is 0.311 e. The van der Waals surface area contributed by atoms with Crippen molar-refractivity contribution in [3.63, 3.8) is 0 Å². The predicted octanol–water partition coefficient (Wildman–Crippen LogP) is 7.30. The number of hydrogen-bond donors (Lipinski definition) is 0. The number of nitrogens with zero attached hydrogens (tertiary/aromatic N) is 1. The van der Waals surface area contributed by atoms with Gasteiger partial charge in [-0.3, -0.25) is 4.79 Å². The number of benzene rings is 3. The molecular weight excluding hydrogens is 434 g/mol. The summed E-state index contributed by atoms with van der Waals surface area (Å²) in [5.41, 5.74) is 7.02. The van der Waals surface area contributed by atoms with Crippen LogP contribution in [0.3, 0.4) is 0 Å². The fourth-order valence-corrected chi connectivity index (χ4v) is 5.11. The van der Waals surface area contributed by atoms with Crippen molar-refractivity contribution in [2.75, 3.05) is 6.61 Å². The van der Waals surface area contributed by atoms with E-state index in [1.54, 1.807) is 0 Å². The summed E-state index contributed by atoms with van der Waals surface area (Å²) in [5, 5.41) is 0. The molecule has 0 bridgehead atoms. The molecule has 0 spiro atoms. The molecule has 2 heterocycles. The van der Waals surface area contributed by atoms with E-state index < -0.39 is 0 Å². The minimum atomic E-state index is -0.192. The molecule has 35 heavy (non-hydrogen) atoms. The lowest BCUT2D eigenvalue weighted by molar-refractivity contribution is -0.142. The summed E-state index contributed by atoms with van der Waals surface area (Å²) < 4.78 is 13.8. The van der Waals surface area contributed by atoms with Crippen LogP contribution in [0.25, 0.3) is 22.3 Å². The Morgan fingerprint density at radius 3 is 2.09 bits per heavy atom. The molecule has 0 aliphatic carbocycles. The third-order valence-electron chi connectivity index (χ3n) is 6.51. The monoisotopic (exact) mass is 465 g/mol. The maximum atomic E-state index is 12.7. The summed E-state index contributed by atoms with van der Waals surface area (Å²) in [4.78, 5) is 12.7. The molecular formula is C31H31NO3. The molecule has 1 aliphatic heterocycles. The molecule has 4 heteroatoms. The van der Waals surface area contributed by atoms with Gasteiger partial charge in [0.1, 0.15) is 11.5 Å². The number of para-hydroxylation sites is 1. The quantitative estimate of drug-likeness (QED) is 0.269. The second kappa shape index (κ2) is 9.46. The van der Waals surface area contributed by atoms with Crippen LogP contribution in [0.15, 0.2) is 84.9 Å². The number of carbonyl (C=O) groups excluding carboxylic acids is 1. The largest absolute Gasteiger partial charge is 0.466 e. The van der Waals surface area contributed by atoms with Crippen LogP contribution < -0.4 is 4.74 Å². The van der Waals surface area contributed by atoms with Crippen LogP contribution in [-0.4, -0.2) is 17.1 Å². The van der Waals surface area contributed by atoms with E-state index in [1.165, 1.54) is 16.8 Å². The number of ether oxygens (including phenoxy) is 2. The molecule has 0 atom stereocenters. The van der Waals surface area contributed by atoms with Crippen LogP contribution in [0.4, 0.5) is 0 Å². The molecule has 0 N–H and O–H groups in total. The average molecular weight is 466 g/mol. The van der Waals surface area contributed by atoms with Gasteiger partial charge in [0.2, 0.25) is 0 Å². The van der Waals surface area contributed by atoms with Crippen LogP contribution in [0, 0.1) is 5.41 Å². The SMILES string of the molecule is CCOC(=O)Cc1c(-c2ccc(Oc3ccccc3)cc2)c(-c2ccccc2)c2n1CC(C)(C)C2. The van der Waals surface area contributed by atoms with Crippen molar-refractivity contribution in [3.8, 4) is 33.8 Å². The molecule has 0 saturated heterocycles. The Hall–Kier alpha value is -3.79. The molecule has 3 aromatic carbocycles. The average Bonchev–Trinajstić information content (AvgIpc) is 3.31. The minimum Gasteiger partial charge on any atom is -0.466 e. The number of aromatic nitrogens is 1. The van der Waals surface area contributed by atoms with Crippen LogP contribution in [0.5, 0.6) is 11.5 Å². The summed E-state index contributed by atoms with van der Waals surface area (Å²) in [7, 11) is 0. The highest BCUT2D eigenvalue weighted by Crippen LogP contribution is 2.47. The lowest BCUT2D eigenvalue weighted by atomic mass is 9.86.